The summed E-state index contributed by atoms with van der Waals surface area (Å²) in [5, 5.41) is 12.6. The van der Waals surface area contributed by atoms with E-state index in [2.05, 4.69) is 56.6 Å². The fourth-order valence-corrected chi connectivity index (χ4v) is 4.01. The van der Waals surface area contributed by atoms with Gasteiger partial charge in [0.05, 0.1) is 0 Å². The van der Waals surface area contributed by atoms with Gasteiger partial charge in [-0.2, -0.15) is 0 Å². The first kappa shape index (κ1) is 15.0. The lowest BCUT2D eigenvalue weighted by molar-refractivity contribution is 0.675. The average Bonchev–Trinajstić information content (AvgIpc) is 2.79. The minimum absolute atomic E-state index is 0.912. The predicted octanol–water partition coefficient (Wildman–Crippen LogP) is 4.26. The number of hydrogen-bond donors (Lipinski definition) is 1. The van der Waals surface area contributed by atoms with Crippen molar-refractivity contribution in [1.82, 2.24) is 15.5 Å². The molecule has 0 saturated heterocycles. The van der Waals surface area contributed by atoms with Crippen LogP contribution in [0, 0.1) is 6.92 Å². The van der Waals surface area contributed by atoms with Crippen molar-refractivity contribution >= 4 is 39.0 Å². The van der Waals surface area contributed by atoms with Gasteiger partial charge in [0, 0.05) is 15.9 Å². The number of benzene rings is 1. The zero-order chi connectivity index (χ0) is 13.7. The minimum Gasteiger partial charge on any atom is -0.313 e. The maximum absolute atomic E-state index is 4.13. The lowest BCUT2D eigenvalue weighted by Crippen LogP contribution is -2.13. The Bertz CT molecular complexity index is 542. The Kier molecular flexibility index (Phi) is 5.81. The molecule has 3 nitrogen and oxygen atoms in total. The van der Waals surface area contributed by atoms with E-state index in [4.69, 9.17) is 0 Å². The molecular weight excluding hydrogens is 342 g/mol. The highest BCUT2D eigenvalue weighted by Crippen LogP contribution is 2.35. The molecular formula is C13H16BrN3S2. The van der Waals surface area contributed by atoms with Crippen LogP contribution >= 0.6 is 39.0 Å². The summed E-state index contributed by atoms with van der Waals surface area (Å²) in [6.45, 7) is 6.11. The topological polar surface area (TPSA) is 37.8 Å². The van der Waals surface area contributed by atoms with Gasteiger partial charge in [0.1, 0.15) is 5.01 Å². The van der Waals surface area contributed by atoms with Crippen molar-refractivity contribution in [3.8, 4) is 0 Å². The first-order valence-electron chi connectivity index (χ1n) is 6.16. The van der Waals surface area contributed by atoms with E-state index in [-0.39, 0.29) is 0 Å². The molecule has 1 aromatic carbocycles. The largest absolute Gasteiger partial charge is 0.313 e. The number of hydrogen-bond acceptors (Lipinski definition) is 5. The second kappa shape index (κ2) is 7.38. The van der Waals surface area contributed by atoms with Gasteiger partial charge in [-0.05, 0) is 53.5 Å². The summed E-state index contributed by atoms with van der Waals surface area (Å²) in [7, 11) is 0. The Morgan fingerprint density at radius 2 is 2.21 bits per heavy atom. The van der Waals surface area contributed by atoms with E-state index < -0.39 is 0 Å². The third kappa shape index (κ3) is 4.56. The molecule has 0 saturated carbocycles. The fourth-order valence-electron chi connectivity index (χ4n) is 1.56. The summed E-state index contributed by atoms with van der Waals surface area (Å²) in [4.78, 5) is 1.18. The lowest BCUT2D eigenvalue weighted by Gasteiger charge is -2.06. The van der Waals surface area contributed by atoms with Gasteiger partial charge in [0.25, 0.3) is 0 Å². The normalized spacial score (nSPS) is 10.9. The van der Waals surface area contributed by atoms with Crippen molar-refractivity contribution in [2.45, 2.75) is 36.0 Å². The van der Waals surface area contributed by atoms with Gasteiger partial charge < -0.3 is 5.32 Å². The second-order valence-electron chi connectivity index (χ2n) is 4.13. The zero-order valence-electron chi connectivity index (χ0n) is 10.9. The van der Waals surface area contributed by atoms with E-state index >= 15 is 0 Å². The number of aryl methyl sites for hydroxylation is 1. The quantitative estimate of drug-likeness (QED) is 0.783. The number of nitrogens with zero attached hydrogens (tertiary/aromatic N) is 2. The number of halogens is 1. The van der Waals surface area contributed by atoms with E-state index in [1.807, 2.05) is 6.92 Å². The minimum atomic E-state index is 0.912. The highest BCUT2D eigenvalue weighted by Gasteiger charge is 2.07. The smallest absolute Gasteiger partial charge is 0.179 e. The molecule has 0 fully saturated rings. The summed E-state index contributed by atoms with van der Waals surface area (Å²) >= 11 is 6.90. The summed E-state index contributed by atoms with van der Waals surface area (Å²) < 4.78 is 2.09. The predicted molar refractivity (Wildman–Crippen MR) is 84.9 cm³/mol. The molecule has 0 atom stereocenters. The number of nitrogens with one attached hydrogen (secondary N) is 1. The van der Waals surface area contributed by atoms with Gasteiger partial charge in [0.2, 0.25) is 0 Å². The van der Waals surface area contributed by atoms with Crippen LogP contribution in [0.5, 0.6) is 0 Å². The molecule has 0 unspecified atom stereocenters. The van der Waals surface area contributed by atoms with Crippen LogP contribution in [0.3, 0.4) is 0 Å². The third-order valence-corrected chi connectivity index (χ3v) is 5.34. The second-order valence-corrected chi connectivity index (χ2v) is 7.46. The first-order chi connectivity index (χ1) is 9.19. The number of rotatable bonds is 6. The molecule has 0 aliphatic heterocycles. The summed E-state index contributed by atoms with van der Waals surface area (Å²) in [6, 6.07) is 6.46. The molecule has 0 aliphatic carbocycles. The third-order valence-electron chi connectivity index (χ3n) is 2.46. The van der Waals surface area contributed by atoms with Crippen molar-refractivity contribution in [1.29, 1.82) is 0 Å². The molecule has 102 valence electrons. The van der Waals surface area contributed by atoms with Gasteiger partial charge in [0.15, 0.2) is 4.34 Å². The summed E-state index contributed by atoms with van der Waals surface area (Å²) in [5.74, 6) is 0. The van der Waals surface area contributed by atoms with Gasteiger partial charge in [-0.1, -0.05) is 36.1 Å². The Hall–Kier alpha value is -0.430. The standard InChI is InChI=1S/C13H16BrN3S2/c1-3-6-15-8-10-4-5-12(11(14)7-10)19-13-17-16-9(2)18-13/h4-5,7,15H,3,6,8H2,1-2H3. The fraction of sp³-hybridized carbons (Fsp3) is 0.385. The van der Waals surface area contributed by atoms with Crippen LogP contribution in [0.4, 0.5) is 0 Å². The first-order valence-corrected chi connectivity index (χ1v) is 8.58. The molecule has 2 rings (SSSR count). The van der Waals surface area contributed by atoms with Crippen LogP contribution in [-0.2, 0) is 6.54 Å². The Labute approximate surface area is 130 Å². The molecule has 2 aromatic rings. The molecule has 1 aromatic heterocycles. The molecule has 6 heteroatoms. The SMILES string of the molecule is CCCNCc1ccc(Sc2nnc(C)s2)c(Br)c1. The van der Waals surface area contributed by atoms with E-state index in [1.54, 1.807) is 23.1 Å². The van der Waals surface area contributed by atoms with Crippen molar-refractivity contribution in [2.75, 3.05) is 6.54 Å². The lowest BCUT2D eigenvalue weighted by atomic mass is 10.2. The summed E-state index contributed by atoms with van der Waals surface area (Å²) in [6.07, 6.45) is 1.16. The molecule has 1 N–H and O–H groups in total. The van der Waals surface area contributed by atoms with Crippen molar-refractivity contribution in [3.63, 3.8) is 0 Å². The molecule has 0 bridgehead atoms. The van der Waals surface area contributed by atoms with E-state index in [0.717, 1.165) is 33.3 Å². The molecule has 0 aliphatic rings. The average molecular weight is 358 g/mol. The van der Waals surface area contributed by atoms with Gasteiger partial charge in [-0.3, -0.25) is 0 Å². The maximum atomic E-state index is 4.13. The summed E-state index contributed by atoms with van der Waals surface area (Å²) in [5.41, 5.74) is 1.29. The van der Waals surface area contributed by atoms with E-state index in [1.165, 1.54) is 10.5 Å². The van der Waals surface area contributed by atoms with Gasteiger partial charge >= 0.3 is 0 Å². The Morgan fingerprint density at radius 1 is 1.37 bits per heavy atom. The number of aromatic nitrogens is 2. The zero-order valence-corrected chi connectivity index (χ0v) is 14.2. The Morgan fingerprint density at radius 3 is 2.84 bits per heavy atom. The molecule has 0 radical (unpaired) electrons. The maximum Gasteiger partial charge on any atom is 0.179 e. The molecule has 0 amide bonds. The van der Waals surface area contributed by atoms with Gasteiger partial charge in [-0.15, -0.1) is 10.2 Å². The van der Waals surface area contributed by atoms with Crippen molar-refractivity contribution in [3.05, 3.63) is 33.2 Å². The molecule has 0 spiro atoms. The van der Waals surface area contributed by atoms with Crippen LogP contribution in [0.15, 0.2) is 31.9 Å². The van der Waals surface area contributed by atoms with E-state index in [0.29, 0.717) is 0 Å². The highest BCUT2D eigenvalue weighted by molar-refractivity contribution is 9.10. The van der Waals surface area contributed by atoms with E-state index in [9.17, 15) is 0 Å². The van der Waals surface area contributed by atoms with Crippen molar-refractivity contribution in [2.24, 2.45) is 0 Å². The van der Waals surface area contributed by atoms with Crippen LogP contribution in [0.1, 0.15) is 23.9 Å². The van der Waals surface area contributed by atoms with Gasteiger partial charge in [-0.25, -0.2) is 0 Å². The van der Waals surface area contributed by atoms with Crippen LogP contribution < -0.4 is 5.32 Å². The van der Waals surface area contributed by atoms with Crippen LogP contribution in [-0.4, -0.2) is 16.7 Å². The Balaban J connectivity index is 2.02. The molecule has 1 heterocycles. The van der Waals surface area contributed by atoms with Crippen LogP contribution in [0.25, 0.3) is 0 Å². The molecule has 19 heavy (non-hydrogen) atoms. The monoisotopic (exact) mass is 357 g/mol. The highest BCUT2D eigenvalue weighted by atomic mass is 79.9. The van der Waals surface area contributed by atoms with Crippen LogP contribution in [0.2, 0.25) is 0 Å². The van der Waals surface area contributed by atoms with Crippen molar-refractivity contribution < 1.29 is 0 Å².